The van der Waals surface area contributed by atoms with Crippen LogP contribution in [-0.2, 0) is 16.0 Å². The summed E-state index contributed by atoms with van der Waals surface area (Å²) in [5, 5.41) is 0. The lowest BCUT2D eigenvalue weighted by Crippen LogP contribution is -2.06. The predicted molar refractivity (Wildman–Crippen MR) is 69.6 cm³/mol. The smallest absolute Gasteiger partial charge is 0.333 e. The molecule has 0 aliphatic rings. The molecule has 1 rings (SSSR count). The van der Waals surface area contributed by atoms with Crippen LogP contribution in [-0.4, -0.2) is 12.6 Å². The van der Waals surface area contributed by atoms with Gasteiger partial charge >= 0.3 is 5.97 Å². The Balaban J connectivity index is 2.14. The number of hydrogen-bond donors (Lipinski definition) is 1. The largest absolute Gasteiger partial charge is 0.462 e. The fourth-order valence-corrected chi connectivity index (χ4v) is 1.40. The molecule has 3 nitrogen and oxygen atoms in total. The summed E-state index contributed by atoms with van der Waals surface area (Å²) in [5.41, 5.74) is 8.08. The predicted octanol–water partition coefficient (Wildman–Crippen LogP) is 2.71. The minimum absolute atomic E-state index is 0.308. The first-order chi connectivity index (χ1) is 8.09. The highest BCUT2D eigenvalue weighted by Gasteiger charge is 2.01. The second kappa shape index (κ2) is 6.74. The molecular formula is C14H19NO2. The topological polar surface area (TPSA) is 52.3 Å². The Labute approximate surface area is 102 Å². The van der Waals surface area contributed by atoms with Gasteiger partial charge in [0.15, 0.2) is 0 Å². The Morgan fingerprint density at radius 1 is 1.29 bits per heavy atom. The van der Waals surface area contributed by atoms with E-state index in [1.54, 1.807) is 6.92 Å². The molecule has 0 spiro atoms. The summed E-state index contributed by atoms with van der Waals surface area (Å²) in [6.45, 7) is 5.63. The van der Waals surface area contributed by atoms with Gasteiger partial charge in [-0.2, -0.15) is 0 Å². The minimum Gasteiger partial charge on any atom is -0.462 e. The quantitative estimate of drug-likeness (QED) is 0.356. The average molecular weight is 233 g/mol. The lowest BCUT2D eigenvalue weighted by molar-refractivity contribution is -0.139. The zero-order valence-corrected chi connectivity index (χ0v) is 10.2. The third kappa shape index (κ3) is 5.20. The van der Waals surface area contributed by atoms with Crippen molar-refractivity contribution in [1.82, 2.24) is 0 Å². The zero-order valence-electron chi connectivity index (χ0n) is 10.2. The molecular weight excluding hydrogens is 214 g/mol. The first-order valence-corrected chi connectivity index (χ1v) is 5.76. The molecule has 0 amide bonds. The number of esters is 1. The van der Waals surface area contributed by atoms with Crippen LogP contribution in [0, 0.1) is 0 Å². The van der Waals surface area contributed by atoms with Crippen LogP contribution in [0.2, 0.25) is 0 Å². The van der Waals surface area contributed by atoms with Crippen LogP contribution in [0.25, 0.3) is 0 Å². The Morgan fingerprint density at radius 2 is 1.94 bits per heavy atom. The van der Waals surface area contributed by atoms with Crippen molar-refractivity contribution in [2.45, 2.75) is 26.2 Å². The third-order valence-corrected chi connectivity index (χ3v) is 2.42. The number of nitrogens with two attached hydrogens (primary N) is 1. The van der Waals surface area contributed by atoms with Gasteiger partial charge in [0.2, 0.25) is 0 Å². The van der Waals surface area contributed by atoms with Crippen molar-refractivity contribution in [3.05, 3.63) is 42.0 Å². The van der Waals surface area contributed by atoms with E-state index >= 15 is 0 Å². The van der Waals surface area contributed by atoms with Gasteiger partial charge < -0.3 is 10.5 Å². The summed E-state index contributed by atoms with van der Waals surface area (Å²) in [6, 6.07) is 7.84. The molecule has 0 aromatic heterocycles. The van der Waals surface area contributed by atoms with E-state index < -0.39 is 0 Å². The average Bonchev–Trinajstić information content (AvgIpc) is 2.30. The summed E-state index contributed by atoms with van der Waals surface area (Å²) in [4.78, 5) is 11.1. The molecule has 0 unspecified atom stereocenters. The Bertz CT molecular complexity index is 382. The number of nitrogen functional groups attached to an aromatic ring is 1. The Morgan fingerprint density at radius 3 is 2.53 bits per heavy atom. The maximum atomic E-state index is 11.1. The van der Waals surface area contributed by atoms with Crippen molar-refractivity contribution in [2.75, 3.05) is 12.3 Å². The number of carbonyl (C=O) groups is 1. The second-order valence-electron chi connectivity index (χ2n) is 4.11. The van der Waals surface area contributed by atoms with E-state index in [1.807, 2.05) is 24.3 Å². The van der Waals surface area contributed by atoms with E-state index in [2.05, 4.69) is 6.58 Å². The number of carbonyl (C=O) groups excluding carboxylic acids is 1. The lowest BCUT2D eigenvalue weighted by Gasteiger charge is -2.04. The van der Waals surface area contributed by atoms with Crippen LogP contribution in [0.15, 0.2) is 36.4 Å². The second-order valence-corrected chi connectivity index (χ2v) is 4.11. The maximum Gasteiger partial charge on any atom is 0.333 e. The van der Waals surface area contributed by atoms with Gasteiger partial charge in [-0.05, 0) is 43.9 Å². The summed E-state index contributed by atoms with van der Waals surface area (Å²) in [7, 11) is 0. The third-order valence-electron chi connectivity index (χ3n) is 2.42. The van der Waals surface area contributed by atoms with Crippen LogP contribution < -0.4 is 5.73 Å². The van der Waals surface area contributed by atoms with Crippen molar-refractivity contribution < 1.29 is 9.53 Å². The highest BCUT2D eigenvalue weighted by atomic mass is 16.5. The number of benzene rings is 1. The molecule has 0 atom stereocenters. The van der Waals surface area contributed by atoms with Gasteiger partial charge in [-0.3, -0.25) is 0 Å². The van der Waals surface area contributed by atoms with Crippen molar-refractivity contribution >= 4 is 11.7 Å². The molecule has 1 aromatic rings. The van der Waals surface area contributed by atoms with Crippen LogP contribution in [0.3, 0.4) is 0 Å². The first-order valence-electron chi connectivity index (χ1n) is 5.76. The summed E-state index contributed by atoms with van der Waals surface area (Å²) in [5.74, 6) is -0.308. The maximum absolute atomic E-state index is 11.1. The van der Waals surface area contributed by atoms with Crippen LogP contribution >= 0.6 is 0 Å². The Hall–Kier alpha value is -1.77. The van der Waals surface area contributed by atoms with E-state index in [0.717, 1.165) is 24.9 Å². The summed E-state index contributed by atoms with van der Waals surface area (Å²) in [6.07, 6.45) is 2.84. The van der Waals surface area contributed by atoms with E-state index in [0.29, 0.717) is 12.2 Å². The lowest BCUT2D eigenvalue weighted by atomic mass is 10.1. The summed E-state index contributed by atoms with van der Waals surface area (Å²) >= 11 is 0. The molecule has 0 fully saturated rings. The molecule has 3 heteroatoms. The van der Waals surface area contributed by atoms with E-state index in [1.165, 1.54) is 5.56 Å². The number of ether oxygens (including phenoxy) is 1. The van der Waals surface area contributed by atoms with Crippen LogP contribution in [0.4, 0.5) is 5.69 Å². The number of rotatable bonds is 6. The molecule has 17 heavy (non-hydrogen) atoms. The number of aryl methyl sites for hydroxylation is 1. The fourth-order valence-electron chi connectivity index (χ4n) is 1.40. The van der Waals surface area contributed by atoms with E-state index in [4.69, 9.17) is 10.5 Å². The molecule has 0 saturated carbocycles. The first kappa shape index (κ1) is 13.3. The highest BCUT2D eigenvalue weighted by molar-refractivity contribution is 5.86. The Kier molecular flexibility index (Phi) is 5.27. The molecule has 92 valence electrons. The fraction of sp³-hybridized carbons (Fsp3) is 0.357. The van der Waals surface area contributed by atoms with Crippen molar-refractivity contribution in [3.8, 4) is 0 Å². The van der Waals surface area contributed by atoms with Crippen molar-refractivity contribution in [2.24, 2.45) is 0 Å². The van der Waals surface area contributed by atoms with Gasteiger partial charge in [0.25, 0.3) is 0 Å². The molecule has 1 aromatic carbocycles. The minimum atomic E-state index is -0.308. The molecule has 0 saturated heterocycles. The highest BCUT2D eigenvalue weighted by Crippen LogP contribution is 2.09. The van der Waals surface area contributed by atoms with Crippen molar-refractivity contribution in [3.63, 3.8) is 0 Å². The van der Waals surface area contributed by atoms with Crippen LogP contribution in [0.1, 0.15) is 25.3 Å². The van der Waals surface area contributed by atoms with Gasteiger partial charge in [0.1, 0.15) is 0 Å². The van der Waals surface area contributed by atoms with Crippen molar-refractivity contribution in [1.29, 1.82) is 0 Å². The van der Waals surface area contributed by atoms with E-state index in [9.17, 15) is 4.79 Å². The number of hydrogen-bond acceptors (Lipinski definition) is 3. The molecule has 0 aliphatic carbocycles. The van der Waals surface area contributed by atoms with Gasteiger partial charge in [0.05, 0.1) is 6.61 Å². The van der Waals surface area contributed by atoms with Gasteiger partial charge in [-0.25, -0.2) is 4.79 Å². The molecule has 0 heterocycles. The summed E-state index contributed by atoms with van der Waals surface area (Å²) < 4.78 is 5.00. The molecule has 2 N–H and O–H groups in total. The van der Waals surface area contributed by atoms with E-state index in [-0.39, 0.29) is 5.97 Å². The molecule has 0 bridgehead atoms. The SMILES string of the molecule is C=C(C)C(=O)OCCCCc1ccc(N)cc1. The standard InChI is InChI=1S/C14H19NO2/c1-11(2)14(16)17-10-4-3-5-12-6-8-13(15)9-7-12/h6-9H,1,3-5,10,15H2,2H3. The monoisotopic (exact) mass is 233 g/mol. The number of unbranched alkanes of at least 4 members (excludes halogenated alkanes) is 1. The number of anilines is 1. The van der Waals surface area contributed by atoms with Gasteiger partial charge in [-0.1, -0.05) is 18.7 Å². The molecule has 0 radical (unpaired) electrons. The zero-order chi connectivity index (χ0) is 12.7. The van der Waals surface area contributed by atoms with Gasteiger partial charge in [0, 0.05) is 11.3 Å². The molecule has 0 aliphatic heterocycles. The van der Waals surface area contributed by atoms with Gasteiger partial charge in [-0.15, -0.1) is 0 Å². The normalized spacial score (nSPS) is 9.94. The van der Waals surface area contributed by atoms with Crippen LogP contribution in [0.5, 0.6) is 0 Å².